The quantitative estimate of drug-likeness (QED) is 0.461. The Balaban J connectivity index is 3.13. The smallest absolute Gasteiger partial charge is 0.336 e. The Morgan fingerprint density at radius 2 is 1.46 bits per heavy atom. The minimum atomic E-state index is -6.80. The molecule has 0 aromatic rings. The van der Waals surface area contributed by atoms with Gasteiger partial charge in [-0.25, -0.2) is 8.92 Å². The van der Waals surface area contributed by atoms with Crippen molar-refractivity contribution in [3.63, 3.8) is 0 Å². The predicted molar refractivity (Wildman–Crippen MR) is 65.1 cm³/mol. The lowest BCUT2D eigenvalue weighted by atomic mass is 10.5. The Hall–Kier alpha value is -1.42. The van der Waals surface area contributed by atoms with E-state index in [1.54, 1.807) is 0 Å². The molecule has 0 bridgehead atoms. The zero-order valence-electron chi connectivity index (χ0n) is 12.8. The average molecular weight is 426 g/mol. The molecule has 0 aromatic heterocycles. The first-order chi connectivity index (χ1) is 11.4. The molecule has 0 aliphatic carbocycles. The molecule has 1 rings (SSSR count). The van der Waals surface area contributed by atoms with Crippen LogP contribution < -0.4 is 0 Å². The molecular formula is C10H11F9N2O4S. The van der Waals surface area contributed by atoms with Gasteiger partial charge in [-0.2, -0.15) is 47.9 Å². The summed E-state index contributed by atoms with van der Waals surface area (Å²) in [5, 5.41) is -6.57. The van der Waals surface area contributed by atoms with Crippen LogP contribution in [0.2, 0.25) is 0 Å². The topological polar surface area (TPSA) is 59.1 Å². The number of halogens is 9. The van der Waals surface area contributed by atoms with E-state index in [-0.39, 0.29) is 6.54 Å². The van der Waals surface area contributed by atoms with Crippen molar-refractivity contribution in [2.45, 2.75) is 36.9 Å². The molecule has 0 spiro atoms. The number of hydrogen-bond acceptors (Lipinski definition) is 6. The van der Waals surface area contributed by atoms with E-state index in [1.165, 1.54) is 6.92 Å². The number of hydrogen-bond donors (Lipinski definition) is 0. The van der Waals surface area contributed by atoms with Crippen molar-refractivity contribution in [1.29, 1.82) is 0 Å². The highest BCUT2D eigenvalue weighted by atomic mass is 32.2. The van der Waals surface area contributed by atoms with Crippen molar-refractivity contribution in [1.82, 2.24) is 9.80 Å². The monoisotopic (exact) mass is 426 g/mol. The molecule has 0 radical (unpaired) electrons. The van der Waals surface area contributed by atoms with Gasteiger partial charge in [0, 0.05) is 26.0 Å². The van der Waals surface area contributed by atoms with Crippen LogP contribution in [0.3, 0.4) is 0 Å². The highest BCUT2D eigenvalue weighted by molar-refractivity contribution is 7.87. The van der Waals surface area contributed by atoms with Crippen LogP contribution in [0.5, 0.6) is 0 Å². The van der Waals surface area contributed by atoms with Gasteiger partial charge in [0.25, 0.3) is 0 Å². The lowest BCUT2D eigenvalue weighted by molar-refractivity contribution is -0.476. The largest absolute Gasteiger partial charge is 0.483 e. The van der Waals surface area contributed by atoms with E-state index in [0.29, 0.717) is 0 Å². The first kappa shape index (κ1) is 22.6. The Morgan fingerprint density at radius 1 is 0.962 bits per heavy atom. The van der Waals surface area contributed by atoms with Crippen molar-refractivity contribution >= 4 is 10.1 Å². The molecule has 0 saturated heterocycles. The van der Waals surface area contributed by atoms with Crippen LogP contribution in [0, 0.1) is 0 Å². The third-order valence-electron chi connectivity index (χ3n) is 2.94. The van der Waals surface area contributed by atoms with Gasteiger partial charge in [-0.05, 0) is 6.92 Å². The van der Waals surface area contributed by atoms with Gasteiger partial charge < -0.3 is 9.80 Å². The fourth-order valence-corrected chi connectivity index (χ4v) is 2.48. The van der Waals surface area contributed by atoms with Crippen molar-refractivity contribution < 1.29 is 56.9 Å². The molecule has 0 N–H and O–H groups in total. The Labute approximate surface area is 140 Å². The fraction of sp³-hybridized carbons (Fsp3) is 0.800. The van der Waals surface area contributed by atoms with Gasteiger partial charge in [-0.3, -0.25) is 0 Å². The highest BCUT2D eigenvalue weighted by Gasteiger charge is 2.75. The van der Waals surface area contributed by atoms with Gasteiger partial charge >= 0.3 is 33.8 Å². The van der Waals surface area contributed by atoms with Crippen molar-refractivity contribution in [2.24, 2.45) is 0 Å². The first-order valence-electron chi connectivity index (χ1n) is 6.39. The van der Waals surface area contributed by atoms with Crippen LogP contribution in [0.25, 0.3) is 0 Å². The van der Waals surface area contributed by atoms with E-state index in [9.17, 15) is 47.9 Å². The molecule has 1 heterocycles. The molecule has 0 amide bonds. The standard InChI is InChI=1S/C10H11F9N2O4S/c1-3-21-5-4-20(2)6(21)24-26(22,23)10(18,19)9(16,17)25-8(14,15)7(11,12)13/h4-6H,3H2,1-2H3. The van der Waals surface area contributed by atoms with Crippen LogP contribution >= 0.6 is 0 Å². The van der Waals surface area contributed by atoms with Gasteiger partial charge in [-0.1, -0.05) is 0 Å². The maximum absolute atomic E-state index is 13.6. The second-order valence-corrected chi connectivity index (χ2v) is 6.43. The molecule has 1 aliphatic rings. The van der Waals surface area contributed by atoms with E-state index in [1.807, 2.05) is 4.74 Å². The van der Waals surface area contributed by atoms with Crippen LogP contribution in [0.1, 0.15) is 6.92 Å². The zero-order valence-corrected chi connectivity index (χ0v) is 13.6. The van der Waals surface area contributed by atoms with E-state index < -0.39 is 40.1 Å². The van der Waals surface area contributed by atoms with E-state index in [2.05, 4.69) is 4.18 Å². The number of ether oxygens (including phenoxy) is 1. The third kappa shape index (κ3) is 3.95. The van der Waals surface area contributed by atoms with Crippen LogP contribution in [-0.2, 0) is 19.0 Å². The molecule has 6 nitrogen and oxygen atoms in total. The third-order valence-corrected chi connectivity index (χ3v) is 4.23. The number of rotatable bonds is 7. The summed E-state index contributed by atoms with van der Waals surface area (Å²) in [7, 11) is -5.63. The van der Waals surface area contributed by atoms with E-state index >= 15 is 0 Å². The molecule has 1 atom stereocenters. The van der Waals surface area contributed by atoms with E-state index in [4.69, 9.17) is 0 Å². The predicted octanol–water partition coefficient (Wildman–Crippen LogP) is 2.71. The molecule has 1 unspecified atom stereocenters. The molecular weight excluding hydrogens is 415 g/mol. The second-order valence-electron chi connectivity index (χ2n) is 4.82. The minimum absolute atomic E-state index is 0.0500. The summed E-state index contributed by atoms with van der Waals surface area (Å²) >= 11 is 0. The summed E-state index contributed by atoms with van der Waals surface area (Å²) in [6.07, 6.45) is -20.0. The van der Waals surface area contributed by atoms with Crippen molar-refractivity contribution in [3.05, 3.63) is 12.4 Å². The summed E-state index contributed by atoms with van der Waals surface area (Å²) in [5.41, 5.74) is 0. The van der Waals surface area contributed by atoms with Gasteiger partial charge in [0.2, 0.25) is 6.35 Å². The zero-order chi connectivity index (χ0) is 20.8. The van der Waals surface area contributed by atoms with Crippen molar-refractivity contribution in [3.8, 4) is 0 Å². The maximum atomic E-state index is 13.6. The second kappa shape index (κ2) is 6.63. The van der Waals surface area contributed by atoms with Gasteiger partial charge in [-0.15, -0.1) is 0 Å². The summed E-state index contributed by atoms with van der Waals surface area (Å²) in [6, 6.07) is 0. The Bertz CT molecular complexity index is 649. The minimum Gasteiger partial charge on any atom is -0.336 e. The number of alkyl halides is 9. The maximum Gasteiger partial charge on any atom is 0.483 e. The molecule has 26 heavy (non-hydrogen) atoms. The first-order valence-corrected chi connectivity index (χ1v) is 7.79. The van der Waals surface area contributed by atoms with Crippen molar-refractivity contribution in [2.75, 3.05) is 13.6 Å². The SMILES string of the molecule is CCN1C=CN(C)C1OS(=O)(=O)C(F)(F)C(F)(F)OC(F)(F)C(F)(F)F. The lowest BCUT2D eigenvalue weighted by Crippen LogP contribution is -2.56. The van der Waals surface area contributed by atoms with Crippen LogP contribution in [0.4, 0.5) is 39.5 Å². The van der Waals surface area contributed by atoms with Gasteiger partial charge in [0.1, 0.15) is 0 Å². The molecule has 16 heteroatoms. The molecule has 0 aromatic carbocycles. The lowest BCUT2D eigenvalue weighted by Gasteiger charge is -2.32. The van der Waals surface area contributed by atoms with Gasteiger partial charge in [0.05, 0.1) is 0 Å². The Morgan fingerprint density at radius 3 is 1.88 bits per heavy atom. The summed E-state index contributed by atoms with van der Waals surface area (Å²) in [4.78, 5) is 1.76. The Kier molecular flexibility index (Phi) is 5.77. The molecule has 0 saturated carbocycles. The summed E-state index contributed by atoms with van der Waals surface area (Å²) in [6.45, 7) is 1.35. The molecule has 1 aliphatic heterocycles. The average Bonchev–Trinajstić information content (AvgIpc) is 2.76. The molecule has 154 valence electrons. The fourth-order valence-electron chi connectivity index (χ4n) is 1.55. The summed E-state index contributed by atoms with van der Waals surface area (Å²) in [5.74, 6) is 0. The normalized spacial score (nSPS) is 20.2. The van der Waals surface area contributed by atoms with Gasteiger partial charge in [0.15, 0.2) is 0 Å². The highest BCUT2D eigenvalue weighted by Crippen LogP contribution is 2.48. The van der Waals surface area contributed by atoms with E-state index in [0.717, 1.165) is 29.2 Å². The number of nitrogens with zero attached hydrogens (tertiary/aromatic N) is 2. The summed E-state index contributed by atoms with van der Waals surface area (Å²) < 4.78 is 143. The molecule has 0 fully saturated rings. The van der Waals surface area contributed by atoms with Crippen LogP contribution in [0.15, 0.2) is 12.4 Å². The van der Waals surface area contributed by atoms with Crippen LogP contribution in [-0.4, -0.2) is 61.8 Å².